The van der Waals surface area contributed by atoms with Crippen LogP contribution in [0.1, 0.15) is 18.1 Å². The lowest BCUT2D eigenvalue weighted by atomic mass is 10.2. The third-order valence-electron chi connectivity index (χ3n) is 2.59. The van der Waals surface area contributed by atoms with Gasteiger partial charge < -0.3 is 15.6 Å². The van der Waals surface area contributed by atoms with Gasteiger partial charge in [0.15, 0.2) is 0 Å². The van der Waals surface area contributed by atoms with Gasteiger partial charge in [-0.3, -0.25) is 0 Å². The Morgan fingerprint density at radius 3 is 2.71 bits per heavy atom. The van der Waals surface area contributed by atoms with E-state index in [1.165, 1.54) is 0 Å². The van der Waals surface area contributed by atoms with Crippen molar-refractivity contribution in [1.29, 1.82) is 0 Å². The molecule has 4 nitrogen and oxygen atoms in total. The average Bonchev–Trinajstić information content (AvgIpc) is 2.96. The number of amides is 2. The number of hydrogen-bond donors (Lipinski definition) is 3. The summed E-state index contributed by atoms with van der Waals surface area (Å²) in [4.78, 5) is 14.9. The lowest BCUT2D eigenvalue weighted by Crippen LogP contribution is -2.27. The fourth-order valence-corrected chi connectivity index (χ4v) is 1.71. The number of carbonyl (C=O) groups excluding carboxylic acids is 1. The number of aromatic nitrogens is 1. The quantitative estimate of drug-likeness (QED) is 0.656. The SMILES string of the molecule is C=C/C=C(\C=C)NC(=O)Nc1ccc2[nH]ccc2c1.CC.[HH].[HH].[HH]. The van der Waals surface area contributed by atoms with Gasteiger partial charge in [0, 0.05) is 32.8 Å². The van der Waals surface area contributed by atoms with Gasteiger partial charge >= 0.3 is 6.03 Å². The van der Waals surface area contributed by atoms with Gasteiger partial charge in [0.1, 0.15) is 0 Å². The van der Waals surface area contributed by atoms with Crippen molar-refractivity contribution < 1.29 is 9.07 Å². The number of aromatic amines is 1. The molecule has 0 radical (unpaired) electrons. The fraction of sp³-hybridized carbons (Fsp3) is 0.118. The first-order valence-corrected chi connectivity index (χ1v) is 6.83. The monoisotopic (exact) mass is 289 g/mol. The number of hydrogen-bond acceptors (Lipinski definition) is 1. The van der Waals surface area contributed by atoms with E-state index in [0.29, 0.717) is 5.70 Å². The first-order valence-electron chi connectivity index (χ1n) is 6.83. The van der Waals surface area contributed by atoms with E-state index in [1.54, 1.807) is 18.2 Å². The minimum Gasteiger partial charge on any atom is -0.361 e. The van der Waals surface area contributed by atoms with Crippen molar-refractivity contribution in [2.45, 2.75) is 13.8 Å². The van der Waals surface area contributed by atoms with E-state index in [4.69, 9.17) is 0 Å². The number of carbonyl (C=O) groups is 1. The van der Waals surface area contributed by atoms with E-state index in [0.717, 1.165) is 16.6 Å². The van der Waals surface area contributed by atoms with Crippen LogP contribution < -0.4 is 10.6 Å². The molecule has 0 aliphatic rings. The van der Waals surface area contributed by atoms with E-state index in [1.807, 2.05) is 44.3 Å². The van der Waals surface area contributed by atoms with Crippen LogP contribution in [0.2, 0.25) is 0 Å². The highest BCUT2D eigenvalue weighted by atomic mass is 16.2. The molecule has 0 fully saturated rings. The molecule has 116 valence electrons. The summed E-state index contributed by atoms with van der Waals surface area (Å²) >= 11 is 0. The van der Waals surface area contributed by atoms with Gasteiger partial charge in [0.2, 0.25) is 0 Å². The largest absolute Gasteiger partial charge is 0.361 e. The van der Waals surface area contributed by atoms with E-state index < -0.39 is 0 Å². The summed E-state index contributed by atoms with van der Waals surface area (Å²) in [6.45, 7) is 11.2. The maximum Gasteiger partial charge on any atom is 0.323 e. The predicted molar refractivity (Wildman–Crippen MR) is 96.6 cm³/mol. The summed E-state index contributed by atoms with van der Waals surface area (Å²) in [5.41, 5.74) is 2.35. The smallest absolute Gasteiger partial charge is 0.323 e. The number of anilines is 1. The van der Waals surface area contributed by atoms with Gasteiger partial charge in [-0.15, -0.1) is 0 Å². The number of urea groups is 1. The van der Waals surface area contributed by atoms with E-state index in [9.17, 15) is 4.79 Å². The number of rotatable bonds is 4. The highest BCUT2D eigenvalue weighted by molar-refractivity contribution is 5.93. The van der Waals surface area contributed by atoms with Crippen molar-refractivity contribution >= 4 is 22.6 Å². The second kappa shape index (κ2) is 8.43. The molecular weight excluding hydrogens is 262 g/mol. The van der Waals surface area contributed by atoms with Gasteiger partial charge in [-0.1, -0.05) is 33.1 Å². The molecule has 2 rings (SSSR count). The number of allylic oxidation sites excluding steroid dienone is 3. The maximum atomic E-state index is 11.8. The van der Waals surface area contributed by atoms with Crippen LogP contribution in [-0.4, -0.2) is 11.0 Å². The minimum absolute atomic E-state index is 0. The molecule has 0 saturated heterocycles. The molecule has 1 aromatic heterocycles. The number of H-pyrrole nitrogens is 1. The lowest BCUT2D eigenvalue weighted by Gasteiger charge is -2.08. The second-order valence-corrected chi connectivity index (χ2v) is 3.92. The van der Waals surface area contributed by atoms with Crippen LogP contribution in [0.5, 0.6) is 0 Å². The minimum atomic E-state index is -0.317. The Bertz CT molecular complexity index is 666. The summed E-state index contributed by atoms with van der Waals surface area (Å²) in [5, 5.41) is 6.48. The Kier molecular flexibility index (Phi) is 6.54. The van der Waals surface area contributed by atoms with Crippen LogP contribution in [0.3, 0.4) is 0 Å². The molecule has 2 amide bonds. The molecule has 0 unspecified atom stereocenters. The highest BCUT2D eigenvalue weighted by Crippen LogP contribution is 2.17. The first kappa shape index (κ1) is 16.3. The Morgan fingerprint density at radius 2 is 2.05 bits per heavy atom. The number of nitrogens with one attached hydrogen (secondary N) is 3. The van der Waals surface area contributed by atoms with Crippen molar-refractivity contribution in [2.24, 2.45) is 0 Å². The molecule has 3 N–H and O–H groups in total. The number of fused-ring (bicyclic) bond motifs is 1. The van der Waals surface area contributed by atoms with Gasteiger partial charge in [0.25, 0.3) is 0 Å². The van der Waals surface area contributed by atoms with Gasteiger partial charge in [-0.05, 0) is 36.4 Å². The second-order valence-electron chi connectivity index (χ2n) is 3.92. The Morgan fingerprint density at radius 1 is 1.29 bits per heavy atom. The zero-order valence-electron chi connectivity index (χ0n) is 12.4. The summed E-state index contributed by atoms with van der Waals surface area (Å²) in [6.07, 6.45) is 6.67. The molecule has 0 spiro atoms. The van der Waals surface area contributed by atoms with E-state index >= 15 is 0 Å². The molecule has 21 heavy (non-hydrogen) atoms. The van der Waals surface area contributed by atoms with Crippen LogP contribution in [0, 0.1) is 0 Å². The zero-order chi connectivity index (χ0) is 15.7. The average molecular weight is 289 g/mol. The Labute approximate surface area is 129 Å². The van der Waals surface area contributed by atoms with Gasteiger partial charge in [-0.2, -0.15) is 0 Å². The van der Waals surface area contributed by atoms with Gasteiger partial charge in [0.05, 0.1) is 0 Å². The summed E-state index contributed by atoms with van der Waals surface area (Å²) < 4.78 is 0. The Hall–Kier alpha value is -2.75. The van der Waals surface area contributed by atoms with Crippen LogP contribution >= 0.6 is 0 Å². The summed E-state index contributed by atoms with van der Waals surface area (Å²) in [6, 6.07) is 7.28. The molecule has 0 saturated carbocycles. The van der Waals surface area contributed by atoms with Gasteiger partial charge in [-0.25, -0.2) is 4.79 Å². The Balaban J connectivity index is -0.000000850. The molecule has 0 atom stereocenters. The van der Waals surface area contributed by atoms with Crippen molar-refractivity contribution in [2.75, 3.05) is 5.32 Å². The van der Waals surface area contributed by atoms with Crippen LogP contribution in [0.4, 0.5) is 10.5 Å². The molecular formula is C17H27N3O. The van der Waals surface area contributed by atoms with Crippen molar-refractivity contribution in [1.82, 2.24) is 10.3 Å². The molecule has 1 heterocycles. The molecule has 0 aliphatic carbocycles. The van der Waals surface area contributed by atoms with Crippen LogP contribution in [0.15, 0.2) is 67.5 Å². The molecule has 0 bridgehead atoms. The predicted octanol–water partition coefficient (Wildman–Crippen LogP) is 5.31. The van der Waals surface area contributed by atoms with Crippen molar-refractivity contribution in [3.05, 3.63) is 67.5 Å². The summed E-state index contributed by atoms with van der Waals surface area (Å²) in [5.74, 6) is 0. The summed E-state index contributed by atoms with van der Waals surface area (Å²) in [7, 11) is 0. The fourth-order valence-electron chi connectivity index (χ4n) is 1.71. The molecule has 2 aromatic rings. The van der Waals surface area contributed by atoms with Crippen molar-refractivity contribution in [3.8, 4) is 0 Å². The highest BCUT2D eigenvalue weighted by Gasteiger charge is 2.03. The third-order valence-corrected chi connectivity index (χ3v) is 2.59. The lowest BCUT2D eigenvalue weighted by molar-refractivity contribution is 0.254. The first-order chi connectivity index (χ1) is 10.2. The normalized spacial score (nSPS) is 10.3. The molecule has 1 aromatic carbocycles. The zero-order valence-corrected chi connectivity index (χ0v) is 12.4. The van der Waals surface area contributed by atoms with Crippen LogP contribution in [0.25, 0.3) is 10.9 Å². The number of benzene rings is 1. The van der Waals surface area contributed by atoms with E-state index in [2.05, 4.69) is 28.8 Å². The topological polar surface area (TPSA) is 56.9 Å². The van der Waals surface area contributed by atoms with Crippen molar-refractivity contribution in [3.63, 3.8) is 0 Å². The molecule has 0 aliphatic heterocycles. The van der Waals surface area contributed by atoms with E-state index in [-0.39, 0.29) is 10.3 Å². The maximum absolute atomic E-state index is 11.8. The van der Waals surface area contributed by atoms with Crippen LogP contribution in [-0.2, 0) is 0 Å². The third kappa shape index (κ3) is 4.69. The standard InChI is InChI=1S/C15H15N3O.C2H6.3H2/c1-3-5-12(4-2)17-15(19)18-13-6-7-14-11(10-13)8-9-16-14;1-2;;;/h3-10,16H,1-2H2,(H2,17,18,19);1-2H3;3*1H/b12-5+;;;;. The molecule has 4 heteroatoms.